The fraction of sp³-hybridized carbons (Fsp3) is 0.588. The molecule has 2 rings (SSSR count). The maximum Gasteiger partial charge on any atom is 0.416 e. The number of likely N-dealkylation sites (tertiary alicyclic amines) is 1. The van der Waals surface area contributed by atoms with Gasteiger partial charge >= 0.3 is 6.18 Å². The minimum Gasteiger partial charge on any atom is -0.379 e. The Morgan fingerprint density at radius 2 is 1.96 bits per heavy atom. The number of alkyl halides is 3. The SMILES string of the molecule is CN(C)C1CCN(C(=O)CCNc2ccc(C(F)(F)F)cc2[N+](=O)[O-])CC1. The summed E-state index contributed by atoms with van der Waals surface area (Å²) < 4.78 is 38.1. The molecular formula is C17H23F3N4O3. The molecule has 0 atom stereocenters. The first kappa shape index (κ1) is 20.9. The van der Waals surface area contributed by atoms with Crippen molar-refractivity contribution in [2.75, 3.05) is 39.0 Å². The number of amides is 1. The van der Waals surface area contributed by atoms with E-state index in [-0.39, 0.29) is 24.6 Å². The Labute approximate surface area is 155 Å². The molecule has 1 saturated heterocycles. The molecule has 27 heavy (non-hydrogen) atoms. The molecule has 7 nitrogen and oxygen atoms in total. The zero-order valence-corrected chi connectivity index (χ0v) is 15.3. The highest BCUT2D eigenvalue weighted by Crippen LogP contribution is 2.34. The smallest absolute Gasteiger partial charge is 0.379 e. The van der Waals surface area contributed by atoms with E-state index in [1.54, 1.807) is 4.90 Å². The van der Waals surface area contributed by atoms with Crippen LogP contribution >= 0.6 is 0 Å². The number of hydrogen-bond acceptors (Lipinski definition) is 5. The number of carbonyl (C=O) groups is 1. The average molecular weight is 388 g/mol. The largest absolute Gasteiger partial charge is 0.416 e. The third-order valence-corrected chi connectivity index (χ3v) is 4.72. The van der Waals surface area contributed by atoms with E-state index in [9.17, 15) is 28.1 Å². The summed E-state index contributed by atoms with van der Waals surface area (Å²) >= 11 is 0. The van der Waals surface area contributed by atoms with Gasteiger partial charge < -0.3 is 15.1 Å². The number of rotatable bonds is 6. The maximum absolute atomic E-state index is 12.7. The van der Waals surface area contributed by atoms with E-state index in [0.717, 1.165) is 25.0 Å². The van der Waals surface area contributed by atoms with Crippen LogP contribution in [0.15, 0.2) is 18.2 Å². The van der Waals surface area contributed by atoms with Gasteiger partial charge in [0, 0.05) is 38.2 Å². The van der Waals surface area contributed by atoms with Gasteiger partial charge in [-0.25, -0.2) is 0 Å². The van der Waals surface area contributed by atoms with E-state index in [0.29, 0.717) is 25.2 Å². The van der Waals surface area contributed by atoms with Crippen molar-refractivity contribution < 1.29 is 22.9 Å². The lowest BCUT2D eigenvalue weighted by Crippen LogP contribution is -2.44. The third-order valence-electron chi connectivity index (χ3n) is 4.72. The minimum atomic E-state index is -4.65. The van der Waals surface area contributed by atoms with Gasteiger partial charge in [0.05, 0.1) is 10.5 Å². The molecule has 10 heteroatoms. The van der Waals surface area contributed by atoms with Crippen molar-refractivity contribution in [3.63, 3.8) is 0 Å². The highest BCUT2D eigenvalue weighted by atomic mass is 19.4. The number of nitro groups is 1. The molecule has 0 spiro atoms. The van der Waals surface area contributed by atoms with Gasteiger partial charge in [0.2, 0.25) is 5.91 Å². The summed E-state index contributed by atoms with van der Waals surface area (Å²) in [6.07, 6.45) is -2.77. The van der Waals surface area contributed by atoms with Crippen molar-refractivity contribution in [2.24, 2.45) is 0 Å². The van der Waals surface area contributed by atoms with Gasteiger partial charge in [0.15, 0.2) is 0 Å². The van der Waals surface area contributed by atoms with Crippen LogP contribution in [0.5, 0.6) is 0 Å². The van der Waals surface area contributed by atoms with Crippen molar-refractivity contribution in [2.45, 2.75) is 31.5 Å². The standard InChI is InChI=1S/C17H23F3N4O3/c1-22(2)13-6-9-23(10-7-13)16(25)5-8-21-14-4-3-12(17(18,19)20)11-15(14)24(26)27/h3-4,11,13,21H,5-10H2,1-2H3. The quantitative estimate of drug-likeness (QED) is 0.599. The molecule has 150 valence electrons. The lowest BCUT2D eigenvalue weighted by atomic mass is 10.0. The molecule has 1 heterocycles. The Bertz CT molecular complexity index is 686. The van der Waals surface area contributed by atoms with Gasteiger partial charge in [-0.3, -0.25) is 14.9 Å². The van der Waals surface area contributed by atoms with Gasteiger partial charge in [-0.1, -0.05) is 0 Å². The summed E-state index contributed by atoms with van der Waals surface area (Å²) in [5.74, 6) is -0.0747. The number of carbonyl (C=O) groups excluding carboxylic acids is 1. The first-order valence-corrected chi connectivity index (χ1v) is 8.63. The summed E-state index contributed by atoms with van der Waals surface area (Å²) in [5.41, 5.74) is -1.78. The summed E-state index contributed by atoms with van der Waals surface area (Å²) in [7, 11) is 4.01. The molecule has 0 saturated carbocycles. The van der Waals surface area contributed by atoms with Gasteiger partial charge in [0.25, 0.3) is 5.69 Å². The van der Waals surface area contributed by atoms with E-state index in [4.69, 9.17) is 0 Å². The topological polar surface area (TPSA) is 78.7 Å². The molecule has 1 aromatic carbocycles. The summed E-state index contributed by atoms with van der Waals surface area (Å²) in [6.45, 7) is 1.42. The Balaban J connectivity index is 1.91. The molecule has 0 bridgehead atoms. The summed E-state index contributed by atoms with van der Waals surface area (Å²) in [6, 6.07) is 2.75. The molecule has 0 radical (unpaired) electrons. The molecule has 0 unspecified atom stereocenters. The van der Waals surface area contributed by atoms with Crippen LogP contribution in [0.3, 0.4) is 0 Å². The van der Waals surface area contributed by atoms with E-state index < -0.39 is 22.4 Å². The predicted octanol–water partition coefficient (Wildman–Crippen LogP) is 2.97. The third kappa shape index (κ3) is 5.56. The van der Waals surface area contributed by atoms with Gasteiger partial charge in [-0.05, 0) is 39.1 Å². The van der Waals surface area contributed by atoms with E-state index in [1.807, 2.05) is 14.1 Å². The number of hydrogen-bond donors (Lipinski definition) is 1. The van der Waals surface area contributed by atoms with Crippen molar-refractivity contribution >= 4 is 17.3 Å². The number of nitrogens with zero attached hydrogens (tertiary/aromatic N) is 3. The number of nitrogens with one attached hydrogen (secondary N) is 1. The van der Waals surface area contributed by atoms with Crippen LogP contribution in [-0.4, -0.2) is 60.4 Å². The van der Waals surface area contributed by atoms with E-state index >= 15 is 0 Å². The van der Waals surface area contributed by atoms with Crippen molar-refractivity contribution in [1.29, 1.82) is 0 Å². The summed E-state index contributed by atoms with van der Waals surface area (Å²) in [5, 5.41) is 13.8. The Hall–Kier alpha value is -2.36. The average Bonchev–Trinajstić information content (AvgIpc) is 2.60. The second-order valence-electron chi connectivity index (χ2n) is 6.74. The first-order chi connectivity index (χ1) is 12.6. The van der Waals surface area contributed by atoms with Gasteiger partial charge in [-0.2, -0.15) is 13.2 Å². The maximum atomic E-state index is 12.7. The zero-order chi connectivity index (χ0) is 20.2. The summed E-state index contributed by atoms with van der Waals surface area (Å²) in [4.78, 5) is 26.3. The monoisotopic (exact) mass is 388 g/mol. The van der Waals surface area contributed by atoms with Crippen molar-refractivity contribution in [3.05, 3.63) is 33.9 Å². The number of halogens is 3. The highest BCUT2D eigenvalue weighted by Gasteiger charge is 2.33. The van der Waals surface area contributed by atoms with Crippen molar-refractivity contribution in [1.82, 2.24) is 9.80 Å². The molecule has 1 aromatic rings. The molecule has 0 aliphatic carbocycles. The second-order valence-corrected chi connectivity index (χ2v) is 6.74. The normalized spacial score (nSPS) is 15.9. The van der Waals surface area contributed by atoms with Crippen LogP contribution in [0.2, 0.25) is 0 Å². The molecular weight excluding hydrogens is 365 g/mol. The van der Waals surface area contributed by atoms with Crippen LogP contribution < -0.4 is 5.32 Å². The van der Waals surface area contributed by atoms with Crippen LogP contribution in [0, 0.1) is 10.1 Å². The van der Waals surface area contributed by atoms with Gasteiger partial charge in [-0.15, -0.1) is 0 Å². The molecule has 1 aliphatic rings. The number of piperidine rings is 1. The number of anilines is 1. The molecule has 1 amide bonds. The Morgan fingerprint density at radius 3 is 2.48 bits per heavy atom. The highest BCUT2D eigenvalue weighted by molar-refractivity contribution is 5.77. The van der Waals surface area contributed by atoms with Crippen LogP contribution in [0.4, 0.5) is 24.5 Å². The fourth-order valence-corrected chi connectivity index (χ4v) is 3.10. The molecule has 1 aliphatic heterocycles. The molecule has 0 aromatic heterocycles. The molecule has 1 fully saturated rings. The lowest BCUT2D eigenvalue weighted by molar-refractivity contribution is -0.384. The van der Waals surface area contributed by atoms with Crippen molar-refractivity contribution in [3.8, 4) is 0 Å². The van der Waals surface area contributed by atoms with E-state index in [1.165, 1.54) is 0 Å². The Kier molecular flexibility index (Phi) is 6.63. The minimum absolute atomic E-state index is 0.0351. The number of nitro benzene ring substituents is 1. The van der Waals surface area contributed by atoms with Gasteiger partial charge in [0.1, 0.15) is 5.69 Å². The van der Waals surface area contributed by atoms with Crippen LogP contribution in [0.1, 0.15) is 24.8 Å². The van der Waals surface area contributed by atoms with Crippen LogP contribution in [0.25, 0.3) is 0 Å². The fourth-order valence-electron chi connectivity index (χ4n) is 3.10. The lowest BCUT2D eigenvalue weighted by Gasteiger charge is -2.35. The zero-order valence-electron chi connectivity index (χ0n) is 15.3. The first-order valence-electron chi connectivity index (χ1n) is 8.63. The second kappa shape index (κ2) is 8.55. The molecule has 1 N–H and O–H groups in total. The van der Waals surface area contributed by atoms with E-state index in [2.05, 4.69) is 10.2 Å². The number of benzene rings is 1. The Morgan fingerprint density at radius 1 is 1.33 bits per heavy atom. The van der Waals surface area contributed by atoms with Crippen LogP contribution in [-0.2, 0) is 11.0 Å². The predicted molar refractivity (Wildman–Crippen MR) is 94.5 cm³/mol.